The van der Waals surface area contributed by atoms with Gasteiger partial charge in [-0.15, -0.1) is 0 Å². The Morgan fingerprint density at radius 2 is 1.86 bits per heavy atom. The maximum atomic E-state index is 12.1. The third-order valence-electron chi connectivity index (χ3n) is 3.14. The fourth-order valence-electron chi connectivity index (χ4n) is 2.13. The zero-order valence-corrected chi connectivity index (χ0v) is 12.6. The smallest absolute Gasteiger partial charge is 0.276 e. The number of benzene rings is 2. The fraction of sp³-hybridized carbons (Fsp3) is 0.0667. The Hall–Kier alpha value is -2.04. The molecule has 0 fully saturated rings. The zero-order valence-electron chi connectivity index (χ0n) is 11.1. The third-order valence-corrected chi connectivity index (χ3v) is 3.66. The van der Waals surface area contributed by atoms with Gasteiger partial charge in [-0.2, -0.15) is 5.10 Å². The monoisotopic (exact) mass is 319 g/mol. The average molecular weight is 320 g/mol. The number of carbonyl (C=O) groups is 1. The first-order valence-corrected chi connectivity index (χ1v) is 7.00. The molecule has 1 aliphatic rings. The molecule has 3 rings (SSSR count). The molecule has 1 heterocycles. The maximum absolute atomic E-state index is 12.1. The molecular weight excluding hydrogens is 309 g/mol. The van der Waals surface area contributed by atoms with E-state index in [1.807, 2.05) is 30.3 Å². The van der Waals surface area contributed by atoms with Crippen molar-refractivity contribution in [1.82, 2.24) is 0 Å². The van der Waals surface area contributed by atoms with Crippen LogP contribution in [0.25, 0.3) is 0 Å². The van der Waals surface area contributed by atoms with Crippen molar-refractivity contribution >= 4 is 46.2 Å². The highest BCUT2D eigenvalue weighted by Crippen LogP contribution is 2.34. The summed E-state index contributed by atoms with van der Waals surface area (Å²) in [6.07, 6.45) is 0. The Kier molecular flexibility index (Phi) is 3.57. The number of anilines is 2. The molecule has 0 radical (unpaired) electrons. The van der Waals surface area contributed by atoms with E-state index in [4.69, 9.17) is 23.2 Å². The minimum atomic E-state index is -0.294. The summed E-state index contributed by atoms with van der Waals surface area (Å²) < 4.78 is 0. The van der Waals surface area contributed by atoms with Gasteiger partial charge in [0.1, 0.15) is 0 Å². The van der Waals surface area contributed by atoms with Crippen molar-refractivity contribution in [3.63, 3.8) is 0 Å². The van der Waals surface area contributed by atoms with Crippen molar-refractivity contribution in [2.75, 3.05) is 17.4 Å². The molecule has 21 heavy (non-hydrogen) atoms. The Morgan fingerprint density at radius 3 is 2.57 bits per heavy atom. The number of hydrazone groups is 1. The molecule has 0 atom stereocenters. The van der Waals surface area contributed by atoms with Crippen LogP contribution in [0.1, 0.15) is 5.56 Å². The van der Waals surface area contributed by atoms with Crippen LogP contribution in [-0.2, 0) is 4.79 Å². The van der Waals surface area contributed by atoms with Crippen LogP contribution in [0.3, 0.4) is 0 Å². The number of carbonyl (C=O) groups excluding carboxylic acids is 1. The number of fused-ring (bicyclic) bond motifs is 1. The van der Waals surface area contributed by atoms with Gasteiger partial charge in [-0.25, -0.2) is 0 Å². The van der Waals surface area contributed by atoms with Crippen LogP contribution in [0.2, 0.25) is 10.0 Å². The van der Waals surface area contributed by atoms with E-state index < -0.39 is 0 Å². The summed E-state index contributed by atoms with van der Waals surface area (Å²) >= 11 is 12.1. The predicted molar refractivity (Wildman–Crippen MR) is 86.5 cm³/mol. The van der Waals surface area contributed by atoms with Crippen LogP contribution in [0.5, 0.6) is 0 Å². The summed E-state index contributed by atoms with van der Waals surface area (Å²) in [6, 6.07) is 12.8. The summed E-state index contributed by atoms with van der Waals surface area (Å²) in [7, 11) is 1.78. The van der Waals surface area contributed by atoms with Gasteiger partial charge in [-0.1, -0.05) is 41.4 Å². The van der Waals surface area contributed by atoms with Gasteiger partial charge in [0.25, 0.3) is 5.91 Å². The molecule has 0 aromatic heterocycles. The van der Waals surface area contributed by atoms with Gasteiger partial charge in [0.05, 0.1) is 16.4 Å². The molecule has 0 unspecified atom stereocenters. The molecule has 1 aliphatic heterocycles. The van der Waals surface area contributed by atoms with Crippen LogP contribution < -0.4 is 10.3 Å². The molecule has 0 aliphatic carbocycles. The van der Waals surface area contributed by atoms with Crippen molar-refractivity contribution < 1.29 is 4.79 Å². The molecule has 0 saturated heterocycles. The minimum Gasteiger partial charge on any atom is -0.319 e. The van der Waals surface area contributed by atoms with Crippen molar-refractivity contribution in [1.29, 1.82) is 0 Å². The second-order valence-electron chi connectivity index (χ2n) is 4.57. The number of halogens is 2. The largest absolute Gasteiger partial charge is 0.319 e. The van der Waals surface area contributed by atoms with E-state index in [1.54, 1.807) is 24.2 Å². The van der Waals surface area contributed by atoms with E-state index in [9.17, 15) is 4.79 Å². The molecule has 106 valence electrons. The molecular formula is C15H11Cl2N3O. The Balaban J connectivity index is 2.05. The highest BCUT2D eigenvalue weighted by molar-refractivity contribution is 6.56. The first kappa shape index (κ1) is 13.9. The lowest BCUT2D eigenvalue weighted by Crippen LogP contribution is -2.20. The van der Waals surface area contributed by atoms with Crippen molar-refractivity contribution in [3.05, 3.63) is 58.1 Å². The summed E-state index contributed by atoms with van der Waals surface area (Å²) in [6.45, 7) is 0. The second kappa shape index (κ2) is 5.39. The SMILES string of the molecule is CN(/N=C1\C(=O)Nc2c(Cl)cc(Cl)cc21)c1ccccc1. The number of amides is 1. The van der Waals surface area contributed by atoms with E-state index in [0.717, 1.165) is 5.69 Å². The third kappa shape index (κ3) is 2.60. The normalized spacial score (nSPS) is 15.0. The van der Waals surface area contributed by atoms with E-state index in [0.29, 0.717) is 27.0 Å². The molecule has 0 bridgehead atoms. The summed E-state index contributed by atoms with van der Waals surface area (Å²) in [5.41, 5.74) is 2.33. The van der Waals surface area contributed by atoms with Gasteiger partial charge in [-0.05, 0) is 24.3 Å². The number of hydrogen-bond donors (Lipinski definition) is 1. The molecule has 2 aromatic carbocycles. The molecule has 2 aromatic rings. The van der Waals surface area contributed by atoms with E-state index in [-0.39, 0.29) is 5.91 Å². The van der Waals surface area contributed by atoms with Gasteiger partial charge >= 0.3 is 0 Å². The fourth-order valence-corrected chi connectivity index (χ4v) is 2.67. The number of hydrogen-bond acceptors (Lipinski definition) is 3. The minimum absolute atomic E-state index is 0.292. The topological polar surface area (TPSA) is 44.7 Å². The lowest BCUT2D eigenvalue weighted by Gasteiger charge is -2.13. The number of para-hydroxylation sites is 1. The maximum Gasteiger partial charge on any atom is 0.276 e. The predicted octanol–water partition coefficient (Wildman–Crippen LogP) is 3.79. The number of nitrogens with zero attached hydrogens (tertiary/aromatic N) is 2. The van der Waals surface area contributed by atoms with Crippen molar-refractivity contribution in [2.45, 2.75) is 0 Å². The van der Waals surface area contributed by atoms with Crippen LogP contribution in [0.15, 0.2) is 47.6 Å². The van der Waals surface area contributed by atoms with Crippen molar-refractivity contribution in [2.24, 2.45) is 5.10 Å². The van der Waals surface area contributed by atoms with Crippen LogP contribution in [0, 0.1) is 0 Å². The second-order valence-corrected chi connectivity index (χ2v) is 5.42. The van der Waals surface area contributed by atoms with Gasteiger partial charge in [0.2, 0.25) is 0 Å². The molecule has 1 amide bonds. The summed E-state index contributed by atoms with van der Waals surface area (Å²) in [4.78, 5) is 12.1. The average Bonchev–Trinajstić information content (AvgIpc) is 2.77. The Labute approximate surface area is 132 Å². The van der Waals surface area contributed by atoms with Gasteiger partial charge in [0, 0.05) is 17.6 Å². The lowest BCUT2D eigenvalue weighted by molar-refractivity contribution is -0.110. The van der Waals surface area contributed by atoms with Gasteiger partial charge in [-0.3, -0.25) is 9.80 Å². The van der Waals surface area contributed by atoms with E-state index in [2.05, 4.69) is 10.4 Å². The Morgan fingerprint density at radius 1 is 1.14 bits per heavy atom. The van der Waals surface area contributed by atoms with Gasteiger partial charge in [0.15, 0.2) is 5.71 Å². The quantitative estimate of drug-likeness (QED) is 0.856. The number of nitrogens with one attached hydrogen (secondary N) is 1. The highest BCUT2D eigenvalue weighted by atomic mass is 35.5. The van der Waals surface area contributed by atoms with Gasteiger partial charge < -0.3 is 5.32 Å². The van der Waals surface area contributed by atoms with Crippen molar-refractivity contribution in [3.8, 4) is 0 Å². The zero-order chi connectivity index (χ0) is 15.0. The molecule has 4 nitrogen and oxygen atoms in total. The van der Waals surface area contributed by atoms with Crippen LogP contribution >= 0.6 is 23.2 Å². The standard InChI is InChI=1S/C15H11Cl2N3O/c1-20(10-5-3-2-4-6-10)19-14-11-7-9(16)8-12(17)13(11)18-15(14)21/h2-8H,1H3,(H,18,19,21). The molecule has 0 spiro atoms. The molecule has 0 saturated carbocycles. The molecule has 6 heteroatoms. The lowest BCUT2D eigenvalue weighted by atomic mass is 10.1. The van der Waals surface area contributed by atoms with Crippen LogP contribution in [0.4, 0.5) is 11.4 Å². The van der Waals surface area contributed by atoms with E-state index in [1.165, 1.54) is 0 Å². The number of rotatable bonds is 2. The highest BCUT2D eigenvalue weighted by Gasteiger charge is 2.29. The van der Waals surface area contributed by atoms with E-state index >= 15 is 0 Å². The first-order valence-electron chi connectivity index (χ1n) is 6.24. The van der Waals surface area contributed by atoms with Crippen LogP contribution in [-0.4, -0.2) is 18.7 Å². The summed E-state index contributed by atoms with van der Waals surface area (Å²) in [5, 5.41) is 9.59. The summed E-state index contributed by atoms with van der Waals surface area (Å²) in [5.74, 6) is -0.294. The first-order chi connectivity index (χ1) is 10.1. The Bertz CT molecular complexity index is 744. The molecule has 1 N–H and O–H groups in total.